The molecule has 2 aromatic rings. The Morgan fingerprint density at radius 3 is 2.46 bits per heavy atom. The minimum atomic E-state index is -3.63. The highest BCUT2D eigenvalue weighted by Gasteiger charge is 2.31. The quantitative estimate of drug-likeness (QED) is 0.894. The number of carbonyl (C=O) groups is 1. The van der Waals surface area contributed by atoms with Crippen LogP contribution in [0.2, 0.25) is 5.02 Å². The third-order valence-electron chi connectivity index (χ3n) is 4.06. The van der Waals surface area contributed by atoms with Gasteiger partial charge in [0.15, 0.2) is 0 Å². The molecular formula is C16H18ClN3O3S. The monoisotopic (exact) mass is 367 g/mol. The summed E-state index contributed by atoms with van der Waals surface area (Å²) in [5.41, 5.74) is 0.922. The number of piperazine rings is 1. The second kappa shape index (κ2) is 6.96. The summed E-state index contributed by atoms with van der Waals surface area (Å²) in [6.07, 6.45) is 3.88. The van der Waals surface area contributed by atoms with Crippen molar-refractivity contribution in [3.8, 4) is 0 Å². The summed E-state index contributed by atoms with van der Waals surface area (Å²) in [6, 6.07) is 8.26. The average molecular weight is 368 g/mol. The van der Waals surface area contributed by atoms with Crippen molar-refractivity contribution in [2.45, 2.75) is 11.3 Å². The average Bonchev–Trinajstić information content (AvgIpc) is 3.08. The van der Waals surface area contributed by atoms with Crippen LogP contribution in [-0.2, 0) is 21.2 Å². The molecule has 0 saturated carbocycles. The number of nitrogens with one attached hydrogen (secondary N) is 1. The van der Waals surface area contributed by atoms with Gasteiger partial charge in [-0.2, -0.15) is 4.31 Å². The Kier molecular flexibility index (Phi) is 4.93. The lowest BCUT2D eigenvalue weighted by atomic mass is 10.2. The minimum absolute atomic E-state index is 0.00407. The van der Waals surface area contributed by atoms with Crippen molar-refractivity contribution >= 4 is 27.5 Å². The van der Waals surface area contributed by atoms with E-state index in [-0.39, 0.29) is 28.9 Å². The Morgan fingerprint density at radius 2 is 1.83 bits per heavy atom. The number of nitrogens with zero attached hydrogens (tertiary/aromatic N) is 2. The van der Waals surface area contributed by atoms with E-state index in [4.69, 9.17) is 11.6 Å². The van der Waals surface area contributed by atoms with Crippen molar-refractivity contribution in [1.29, 1.82) is 0 Å². The zero-order valence-corrected chi connectivity index (χ0v) is 14.6. The predicted octanol–water partition coefficient (Wildman–Crippen LogP) is 1.74. The van der Waals surface area contributed by atoms with E-state index in [0.29, 0.717) is 19.5 Å². The summed E-state index contributed by atoms with van der Waals surface area (Å²) < 4.78 is 26.7. The van der Waals surface area contributed by atoms with Crippen molar-refractivity contribution in [3.63, 3.8) is 0 Å². The van der Waals surface area contributed by atoms with Crippen LogP contribution in [0.25, 0.3) is 0 Å². The largest absolute Gasteiger partial charge is 0.367 e. The Balaban J connectivity index is 1.64. The zero-order chi connectivity index (χ0) is 17.2. The summed E-state index contributed by atoms with van der Waals surface area (Å²) in [4.78, 5) is 17.0. The van der Waals surface area contributed by atoms with E-state index >= 15 is 0 Å². The molecule has 1 aliphatic heterocycles. The lowest BCUT2D eigenvalue weighted by Crippen LogP contribution is -2.50. The molecule has 0 bridgehead atoms. The van der Waals surface area contributed by atoms with Crippen LogP contribution < -0.4 is 0 Å². The fraction of sp³-hybridized carbons (Fsp3) is 0.312. The summed E-state index contributed by atoms with van der Waals surface area (Å²) in [6.45, 7) is 1.30. The van der Waals surface area contributed by atoms with E-state index in [2.05, 4.69) is 4.98 Å². The Hall–Kier alpha value is -1.83. The Labute approximate surface area is 146 Å². The van der Waals surface area contributed by atoms with E-state index in [0.717, 1.165) is 5.56 Å². The topological polar surface area (TPSA) is 73.5 Å². The number of amides is 1. The van der Waals surface area contributed by atoms with Crippen LogP contribution in [0, 0.1) is 0 Å². The van der Waals surface area contributed by atoms with Crippen LogP contribution in [0.15, 0.2) is 47.6 Å². The lowest BCUT2D eigenvalue weighted by Gasteiger charge is -2.34. The van der Waals surface area contributed by atoms with Crippen LogP contribution >= 0.6 is 11.6 Å². The van der Waals surface area contributed by atoms with Crippen LogP contribution in [-0.4, -0.2) is 54.7 Å². The second-order valence-electron chi connectivity index (χ2n) is 5.61. The molecule has 0 aliphatic carbocycles. The molecule has 1 amide bonds. The van der Waals surface area contributed by atoms with Gasteiger partial charge in [0.05, 0.1) is 11.4 Å². The van der Waals surface area contributed by atoms with E-state index in [1.165, 1.54) is 10.4 Å². The maximum atomic E-state index is 12.7. The van der Waals surface area contributed by atoms with Gasteiger partial charge in [0.25, 0.3) is 0 Å². The van der Waals surface area contributed by atoms with Crippen LogP contribution in [0.3, 0.4) is 0 Å². The van der Waals surface area contributed by atoms with E-state index in [1.54, 1.807) is 35.5 Å². The Morgan fingerprint density at radius 1 is 1.12 bits per heavy atom. The summed E-state index contributed by atoms with van der Waals surface area (Å²) >= 11 is 6.01. The number of aromatic amines is 1. The van der Waals surface area contributed by atoms with Crippen molar-refractivity contribution in [2.24, 2.45) is 0 Å². The lowest BCUT2D eigenvalue weighted by molar-refractivity contribution is -0.131. The molecule has 1 aliphatic rings. The zero-order valence-electron chi connectivity index (χ0n) is 13.0. The van der Waals surface area contributed by atoms with Crippen LogP contribution in [0.4, 0.5) is 0 Å². The number of benzene rings is 1. The molecule has 6 nitrogen and oxygen atoms in total. The molecule has 1 aromatic carbocycles. The molecule has 0 radical (unpaired) electrons. The van der Waals surface area contributed by atoms with Gasteiger partial charge in [0.1, 0.15) is 4.90 Å². The molecule has 0 atom stereocenters. The van der Waals surface area contributed by atoms with Gasteiger partial charge in [-0.15, -0.1) is 0 Å². The van der Waals surface area contributed by atoms with Gasteiger partial charge in [-0.1, -0.05) is 23.7 Å². The van der Waals surface area contributed by atoms with Gasteiger partial charge in [0.2, 0.25) is 15.9 Å². The van der Waals surface area contributed by atoms with Crippen molar-refractivity contribution in [2.75, 3.05) is 26.2 Å². The Bertz CT molecular complexity index is 813. The molecule has 8 heteroatoms. The molecule has 1 saturated heterocycles. The third-order valence-corrected chi connectivity index (χ3v) is 6.46. The molecule has 1 aromatic heterocycles. The number of aromatic nitrogens is 1. The van der Waals surface area contributed by atoms with Gasteiger partial charge < -0.3 is 9.88 Å². The number of rotatable bonds is 4. The first kappa shape index (κ1) is 17.0. The van der Waals surface area contributed by atoms with Gasteiger partial charge in [-0.3, -0.25) is 4.79 Å². The van der Waals surface area contributed by atoms with E-state index in [9.17, 15) is 13.2 Å². The van der Waals surface area contributed by atoms with Gasteiger partial charge in [-0.05, 0) is 23.8 Å². The number of hydrogen-bond donors (Lipinski definition) is 1. The molecule has 128 valence electrons. The third kappa shape index (κ3) is 3.48. The number of sulfonamides is 1. The number of carbonyl (C=O) groups excluding carboxylic acids is 1. The number of hydrogen-bond acceptors (Lipinski definition) is 3. The molecule has 2 heterocycles. The normalized spacial score (nSPS) is 16.3. The molecule has 0 spiro atoms. The molecule has 3 rings (SSSR count). The first-order valence-electron chi connectivity index (χ1n) is 7.62. The van der Waals surface area contributed by atoms with Crippen molar-refractivity contribution < 1.29 is 13.2 Å². The highest BCUT2D eigenvalue weighted by Crippen LogP contribution is 2.25. The number of halogens is 1. The van der Waals surface area contributed by atoms with Crippen LogP contribution in [0.1, 0.15) is 5.56 Å². The molecule has 24 heavy (non-hydrogen) atoms. The van der Waals surface area contributed by atoms with Crippen molar-refractivity contribution in [1.82, 2.24) is 14.2 Å². The first-order valence-corrected chi connectivity index (χ1v) is 9.44. The van der Waals surface area contributed by atoms with E-state index < -0.39 is 10.0 Å². The highest BCUT2D eigenvalue weighted by molar-refractivity contribution is 7.89. The summed E-state index contributed by atoms with van der Waals surface area (Å²) in [5, 5.41) is 0.212. The maximum Gasteiger partial charge on any atom is 0.244 e. The minimum Gasteiger partial charge on any atom is -0.367 e. The van der Waals surface area contributed by atoms with Gasteiger partial charge >= 0.3 is 0 Å². The summed E-state index contributed by atoms with van der Waals surface area (Å²) in [5.74, 6) is 0.00407. The van der Waals surface area contributed by atoms with Crippen molar-refractivity contribution in [3.05, 3.63) is 53.3 Å². The molecular weight excluding hydrogens is 350 g/mol. The standard InChI is InChI=1S/C16H18ClN3O3S/c17-14-3-1-2-4-15(14)24(22,23)20-9-7-19(8-10-20)16(21)11-13-5-6-18-12-13/h1-6,12,18H,7-11H2. The molecule has 1 N–H and O–H groups in total. The van der Waals surface area contributed by atoms with Crippen LogP contribution in [0.5, 0.6) is 0 Å². The predicted molar refractivity (Wildman–Crippen MR) is 91.3 cm³/mol. The number of H-pyrrole nitrogens is 1. The first-order chi connectivity index (χ1) is 11.5. The highest BCUT2D eigenvalue weighted by atomic mass is 35.5. The SMILES string of the molecule is O=C(Cc1cc[nH]c1)N1CCN(S(=O)(=O)c2ccccc2Cl)CC1. The fourth-order valence-corrected chi connectivity index (χ4v) is 4.64. The fourth-order valence-electron chi connectivity index (χ4n) is 2.73. The van der Waals surface area contributed by atoms with Gasteiger partial charge in [0, 0.05) is 38.6 Å². The van der Waals surface area contributed by atoms with Gasteiger partial charge in [-0.25, -0.2) is 8.42 Å². The maximum absolute atomic E-state index is 12.7. The summed E-state index contributed by atoms with van der Waals surface area (Å²) in [7, 11) is -3.63. The van der Waals surface area contributed by atoms with E-state index in [1.807, 2.05) is 6.07 Å². The molecule has 1 fully saturated rings. The smallest absolute Gasteiger partial charge is 0.244 e. The second-order valence-corrected chi connectivity index (χ2v) is 7.92. The molecule has 0 unspecified atom stereocenters.